The van der Waals surface area contributed by atoms with E-state index in [1.54, 1.807) is 47.2 Å². The third-order valence-electron chi connectivity index (χ3n) is 3.29. The van der Waals surface area contributed by atoms with Gasteiger partial charge in [-0.1, -0.05) is 18.2 Å². The normalized spacial score (nSPS) is 10.3. The van der Waals surface area contributed by atoms with Crippen LogP contribution in [0.5, 0.6) is 0 Å². The molecule has 0 atom stereocenters. The van der Waals surface area contributed by atoms with E-state index < -0.39 is 11.8 Å². The number of thiophene rings is 1. The summed E-state index contributed by atoms with van der Waals surface area (Å²) < 4.78 is 0. The molecule has 3 rings (SSSR count). The average molecular weight is 386 g/mol. The Kier molecular flexibility index (Phi) is 5.40. The molecule has 0 saturated carbocycles. The molecule has 132 valence electrons. The van der Waals surface area contributed by atoms with Crippen molar-refractivity contribution in [3.8, 4) is 0 Å². The number of thiazole rings is 1. The topological polar surface area (TPSA) is 114 Å². The summed E-state index contributed by atoms with van der Waals surface area (Å²) in [5, 5.41) is 9.23. The Hall–Kier alpha value is -3.04. The van der Waals surface area contributed by atoms with E-state index in [0.717, 1.165) is 0 Å². The predicted octanol–water partition coefficient (Wildman–Crippen LogP) is 2.74. The molecule has 0 aliphatic rings. The van der Waals surface area contributed by atoms with Crippen LogP contribution in [0.2, 0.25) is 0 Å². The quantitative estimate of drug-likeness (QED) is 0.604. The number of hydrogen-bond donors (Lipinski definition) is 3. The summed E-state index contributed by atoms with van der Waals surface area (Å²) in [5.41, 5.74) is 6.34. The number of nitrogens with two attached hydrogens (primary N) is 1. The van der Waals surface area contributed by atoms with Gasteiger partial charge in [-0.3, -0.25) is 19.7 Å². The van der Waals surface area contributed by atoms with E-state index in [1.165, 1.54) is 22.7 Å². The van der Waals surface area contributed by atoms with Gasteiger partial charge in [-0.05, 0) is 23.6 Å². The van der Waals surface area contributed by atoms with E-state index in [1.807, 2.05) is 0 Å². The molecular formula is C17H14N4O3S2. The summed E-state index contributed by atoms with van der Waals surface area (Å²) in [6, 6.07) is 10.2. The van der Waals surface area contributed by atoms with Crippen molar-refractivity contribution in [3.63, 3.8) is 0 Å². The van der Waals surface area contributed by atoms with Gasteiger partial charge in [0.15, 0.2) is 5.13 Å². The predicted molar refractivity (Wildman–Crippen MR) is 102 cm³/mol. The molecule has 1 aromatic carbocycles. The number of amides is 3. The van der Waals surface area contributed by atoms with Crippen molar-refractivity contribution < 1.29 is 14.4 Å². The van der Waals surface area contributed by atoms with Crippen LogP contribution in [0, 0.1) is 0 Å². The van der Waals surface area contributed by atoms with Crippen molar-refractivity contribution in [3.05, 3.63) is 63.3 Å². The van der Waals surface area contributed by atoms with Gasteiger partial charge in [0.1, 0.15) is 0 Å². The van der Waals surface area contributed by atoms with E-state index in [-0.39, 0.29) is 12.3 Å². The smallest absolute Gasteiger partial charge is 0.265 e. The summed E-state index contributed by atoms with van der Waals surface area (Å²) in [5.74, 6) is -1.18. The monoisotopic (exact) mass is 386 g/mol. The van der Waals surface area contributed by atoms with Crippen LogP contribution in [-0.4, -0.2) is 22.7 Å². The molecular weight excluding hydrogens is 372 g/mol. The number of carbonyl (C=O) groups excluding carboxylic acids is 3. The van der Waals surface area contributed by atoms with Crippen LogP contribution in [0.15, 0.2) is 47.2 Å². The number of nitrogens with one attached hydrogen (secondary N) is 2. The number of anilines is 2. The van der Waals surface area contributed by atoms with Crippen LogP contribution in [0.25, 0.3) is 0 Å². The Morgan fingerprint density at radius 1 is 1.00 bits per heavy atom. The number of primary amides is 1. The first-order valence-corrected chi connectivity index (χ1v) is 9.27. The number of para-hydroxylation sites is 1. The fourth-order valence-electron chi connectivity index (χ4n) is 2.17. The minimum absolute atomic E-state index is 0.0137. The molecule has 0 fully saturated rings. The van der Waals surface area contributed by atoms with Crippen molar-refractivity contribution in [2.45, 2.75) is 6.42 Å². The van der Waals surface area contributed by atoms with E-state index in [4.69, 9.17) is 5.73 Å². The molecule has 0 aliphatic heterocycles. The van der Waals surface area contributed by atoms with Crippen LogP contribution in [0.4, 0.5) is 10.8 Å². The highest BCUT2D eigenvalue weighted by Gasteiger charge is 2.16. The summed E-state index contributed by atoms with van der Waals surface area (Å²) in [6.45, 7) is 0. The lowest BCUT2D eigenvalue weighted by Gasteiger charge is -2.09. The molecule has 0 radical (unpaired) electrons. The maximum Gasteiger partial charge on any atom is 0.265 e. The molecule has 3 aromatic rings. The Morgan fingerprint density at radius 3 is 2.54 bits per heavy atom. The lowest BCUT2D eigenvalue weighted by atomic mass is 10.1. The van der Waals surface area contributed by atoms with Gasteiger partial charge < -0.3 is 11.1 Å². The minimum Gasteiger partial charge on any atom is -0.369 e. The van der Waals surface area contributed by atoms with Gasteiger partial charge in [0, 0.05) is 5.38 Å². The SMILES string of the molecule is NC(=O)Cc1csc(NC(=O)c2ccccc2NC(=O)c2cccs2)n1. The number of carbonyl (C=O) groups is 3. The molecule has 0 saturated heterocycles. The molecule has 3 amide bonds. The summed E-state index contributed by atoms with van der Waals surface area (Å²) >= 11 is 2.51. The third-order valence-corrected chi connectivity index (χ3v) is 4.97. The highest BCUT2D eigenvalue weighted by Crippen LogP contribution is 2.21. The van der Waals surface area contributed by atoms with Crippen molar-refractivity contribution in [1.29, 1.82) is 0 Å². The Morgan fingerprint density at radius 2 is 1.81 bits per heavy atom. The second-order valence-electron chi connectivity index (χ2n) is 5.22. The second kappa shape index (κ2) is 7.89. The summed E-state index contributed by atoms with van der Waals surface area (Å²) in [6.07, 6.45) is 0.0137. The molecule has 0 aliphatic carbocycles. The van der Waals surface area contributed by atoms with Gasteiger partial charge in [0.05, 0.1) is 28.2 Å². The average Bonchev–Trinajstić information content (AvgIpc) is 3.27. The number of benzene rings is 1. The van der Waals surface area contributed by atoms with Crippen LogP contribution in [0.1, 0.15) is 25.7 Å². The zero-order valence-corrected chi connectivity index (χ0v) is 15.0. The first-order chi connectivity index (χ1) is 12.5. The van der Waals surface area contributed by atoms with Crippen LogP contribution in [0.3, 0.4) is 0 Å². The zero-order chi connectivity index (χ0) is 18.5. The maximum atomic E-state index is 12.5. The first-order valence-electron chi connectivity index (χ1n) is 7.51. The summed E-state index contributed by atoms with van der Waals surface area (Å²) in [4.78, 5) is 40.4. The zero-order valence-electron chi connectivity index (χ0n) is 13.4. The van der Waals surface area contributed by atoms with Gasteiger partial charge in [0.2, 0.25) is 5.91 Å². The summed E-state index contributed by atoms with van der Waals surface area (Å²) in [7, 11) is 0. The number of aromatic nitrogens is 1. The van der Waals surface area contributed by atoms with E-state index in [9.17, 15) is 14.4 Å². The molecule has 26 heavy (non-hydrogen) atoms. The van der Waals surface area contributed by atoms with Crippen LogP contribution >= 0.6 is 22.7 Å². The van der Waals surface area contributed by atoms with E-state index in [0.29, 0.717) is 27.0 Å². The number of hydrogen-bond acceptors (Lipinski definition) is 6. The molecule has 2 aromatic heterocycles. The van der Waals surface area contributed by atoms with E-state index >= 15 is 0 Å². The fourth-order valence-corrected chi connectivity index (χ4v) is 3.49. The minimum atomic E-state index is -0.491. The highest BCUT2D eigenvalue weighted by atomic mass is 32.1. The highest BCUT2D eigenvalue weighted by molar-refractivity contribution is 7.14. The van der Waals surface area contributed by atoms with Crippen LogP contribution in [-0.2, 0) is 11.2 Å². The first kappa shape index (κ1) is 17.8. The fraction of sp³-hybridized carbons (Fsp3) is 0.0588. The lowest BCUT2D eigenvalue weighted by Crippen LogP contribution is -2.18. The van der Waals surface area contributed by atoms with Crippen LogP contribution < -0.4 is 16.4 Å². The number of rotatable bonds is 6. The Balaban J connectivity index is 1.74. The number of nitrogens with zero attached hydrogens (tertiary/aromatic N) is 1. The standard InChI is InChI=1S/C17H14N4O3S2/c18-14(22)8-10-9-26-17(19-10)21-15(23)11-4-1-2-5-12(11)20-16(24)13-6-3-7-25-13/h1-7,9H,8H2,(H2,18,22)(H,20,24)(H,19,21,23). The van der Waals surface area contributed by atoms with Crippen molar-refractivity contribution in [2.75, 3.05) is 10.6 Å². The molecule has 7 nitrogen and oxygen atoms in total. The molecule has 0 unspecified atom stereocenters. The van der Waals surface area contributed by atoms with E-state index in [2.05, 4.69) is 15.6 Å². The lowest BCUT2D eigenvalue weighted by molar-refractivity contribution is -0.117. The van der Waals surface area contributed by atoms with Gasteiger partial charge >= 0.3 is 0 Å². The van der Waals surface area contributed by atoms with Gasteiger partial charge in [-0.15, -0.1) is 22.7 Å². The van der Waals surface area contributed by atoms with Gasteiger partial charge in [-0.2, -0.15) is 0 Å². The molecule has 2 heterocycles. The molecule has 9 heteroatoms. The van der Waals surface area contributed by atoms with Crippen molar-refractivity contribution in [1.82, 2.24) is 4.98 Å². The molecule has 4 N–H and O–H groups in total. The van der Waals surface area contributed by atoms with Crippen molar-refractivity contribution >= 4 is 51.2 Å². The molecule has 0 spiro atoms. The Labute approximate surface area is 156 Å². The largest absolute Gasteiger partial charge is 0.369 e. The van der Waals surface area contributed by atoms with Crippen molar-refractivity contribution in [2.24, 2.45) is 5.73 Å². The molecule has 0 bridgehead atoms. The second-order valence-corrected chi connectivity index (χ2v) is 7.02. The Bertz CT molecular complexity index is 951. The maximum absolute atomic E-state index is 12.5. The van der Waals surface area contributed by atoms with Gasteiger partial charge in [0.25, 0.3) is 11.8 Å². The van der Waals surface area contributed by atoms with Gasteiger partial charge in [-0.25, -0.2) is 4.98 Å². The third kappa shape index (κ3) is 4.32.